The number of halogens is 1. The van der Waals surface area contributed by atoms with E-state index in [0.717, 1.165) is 63.5 Å². The van der Waals surface area contributed by atoms with Crippen LogP contribution in [-0.4, -0.2) is 35.7 Å². The number of para-hydroxylation sites is 2. The maximum Gasteiger partial charge on any atom is 0.227 e. The summed E-state index contributed by atoms with van der Waals surface area (Å²) in [6.07, 6.45) is 6.32. The average Bonchev–Trinajstić information content (AvgIpc) is 3.49. The number of amides is 1. The second kappa shape index (κ2) is 11.9. The van der Waals surface area contributed by atoms with Gasteiger partial charge in [0, 0.05) is 35.6 Å². The number of carbonyl (C=O) groups excluding carboxylic acids is 1. The van der Waals surface area contributed by atoms with Gasteiger partial charge in [-0.05, 0) is 67.8 Å². The van der Waals surface area contributed by atoms with Crippen molar-refractivity contribution in [3.8, 4) is 11.5 Å². The van der Waals surface area contributed by atoms with Crippen molar-refractivity contribution in [1.29, 1.82) is 0 Å². The molecule has 2 heterocycles. The Morgan fingerprint density at radius 2 is 1.92 bits per heavy atom. The molecule has 7 heteroatoms. The fourth-order valence-corrected chi connectivity index (χ4v) is 5.46. The van der Waals surface area contributed by atoms with Gasteiger partial charge in [0.2, 0.25) is 5.91 Å². The van der Waals surface area contributed by atoms with E-state index in [0.29, 0.717) is 19.6 Å². The molecule has 3 aromatic carbocycles. The van der Waals surface area contributed by atoms with Crippen LogP contribution in [0.3, 0.4) is 0 Å². The molecule has 4 aromatic rings. The molecule has 0 bridgehead atoms. The molecule has 6 nitrogen and oxygen atoms in total. The molecular formula is C31H32BrN3O3. The van der Waals surface area contributed by atoms with Gasteiger partial charge in [-0.2, -0.15) is 0 Å². The smallest absolute Gasteiger partial charge is 0.227 e. The minimum absolute atomic E-state index is 0.0464. The van der Waals surface area contributed by atoms with E-state index in [-0.39, 0.29) is 11.8 Å². The van der Waals surface area contributed by atoms with Crippen LogP contribution >= 0.6 is 15.9 Å². The molecule has 1 aliphatic heterocycles. The van der Waals surface area contributed by atoms with Crippen LogP contribution in [0, 0.1) is 0 Å². The molecular weight excluding hydrogens is 542 g/mol. The maximum absolute atomic E-state index is 13.0. The van der Waals surface area contributed by atoms with Crippen LogP contribution in [0.4, 0.5) is 5.69 Å². The molecule has 1 aliphatic rings. The topological polar surface area (TPSA) is 56.6 Å². The van der Waals surface area contributed by atoms with E-state index in [1.807, 2.05) is 84.6 Å². The van der Waals surface area contributed by atoms with E-state index < -0.39 is 0 Å². The lowest BCUT2D eigenvalue weighted by Gasteiger charge is -2.18. The first-order valence-corrected chi connectivity index (χ1v) is 13.8. The number of aryl methyl sites for hydroxylation is 1. The van der Waals surface area contributed by atoms with E-state index in [9.17, 15) is 4.79 Å². The lowest BCUT2D eigenvalue weighted by atomic mass is 10.1. The summed E-state index contributed by atoms with van der Waals surface area (Å²) in [7, 11) is 1.67. The Kier molecular flexibility index (Phi) is 8.13. The minimum Gasteiger partial charge on any atom is -0.493 e. The Bertz CT molecular complexity index is 1460. The first kappa shape index (κ1) is 26.0. The van der Waals surface area contributed by atoms with Gasteiger partial charge >= 0.3 is 0 Å². The van der Waals surface area contributed by atoms with Crippen LogP contribution in [0.5, 0.6) is 11.5 Å². The van der Waals surface area contributed by atoms with Gasteiger partial charge in [-0.1, -0.05) is 52.3 Å². The number of fused-ring (bicyclic) bond motifs is 1. The van der Waals surface area contributed by atoms with E-state index in [1.165, 1.54) is 0 Å². The molecule has 1 saturated heterocycles. The molecule has 1 atom stereocenters. The molecule has 0 aliphatic carbocycles. The number of anilines is 1. The number of rotatable bonds is 10. The lowest BCUT2D eigenvalue weighted by Crippen LogP contribution is -2.24. The van der Waals surface area contributed by atoms with Gasteiger partial charge in [-0.15, -0.1) is 0 Å². The van der Waals surface area contributed by atoms with Crippen LogP contribution in [-0.2, 0) is 11.3 Å². The highest BCUT2D eigenvalue weighted by atomic mass is 79.9. The van der Waals surface area contributed by atoms with Gasteiger partial charge in [-0.3, -0.25) is 4.79 Å². The molecule has 196 valence electrons. The van der Waals surface area contributed by atoms with Crippen molar-refractivity contribution in [3.63, 3.8) is 0 Å². The number of hydrogen-bond acceptors (Lipinski definition) is 4. The number of allylic oxidation sites excluding steroid dienone is 1. The van der Waals surface area contributed by atoms with E-state index in [1.54, 1.807) is 7.11 Å². The quantitative estimate of drug-likeness (QED) is 0.188. The summed E-state index contributed by atoms with van der Waals surface area (Å²) >= 11 is 3.52. The van der Waals surface area contributed by atoms with Gasteiger partial charge in [0.15, 0.2) is 11.5 Å². The number of carbonyl (C=O) groups is 1. The molecule has 1 fully saturated rings. The second-order valence-electron chi connectivity index (χ2n) is 9.46. The van der Waals surface area contributed by atoms with Crippen molar-refractivity contribution < 1.29 is 14.3 Å². The number of aromatic nitrogens is 2. The zero-order valence-electron chi connectivity index (χ0n) is 21.8. The van der Waals surface area contributed by atoms with Crippen molar-refractivity contribution in [2.75, 3.05) is 25.2 Å². The van der Waals surface area contributed by atoms with Crippen LogP contribution in [0.2, 0.25) is 0 Å². The first-order chi connectivity index (χ1) is 18.6. The number of ether oxygens (including phenoxy) is 2. The normalized spacial score (nSPS) is 15.6. The minimum atomic E-state index is 0.0464. The third-order valence-corrected chi connectivity index (χ3v) is 7.37. The largest absolute Gasteiger partial charge is 0.493 e. The van der Waals surface area contributed by atoms with Crippen LogP contribution in [0.25, 0.3) is 17.1 Å². The zero-order valence-corrected chi connectivity index (χ0v) is 23.4. The number of hydrogen-bond donors (Lipinski definition) is 0. The summed E-state index contributed by atoms with van der Waals surface area (Å²) < 4.78 is 14.8. The van der Waals surface area contributed by atoms with Crippen molar-refractivity contribution in [2.45, 2.75) is 38.6 Å². The van der Waals surface area contributed by atoms with Gasteiger partial charge in [0.25, 0.3) is 0 Å². The van der Waals surface area contributed by atoms with Crippen molar-refractivity contribution in [2.24, 2.45) is 0 Å². The molecule has 0 saturated carbocycles. The predicted octanol–water partition coefficient (Wildman–Crippen LogP) is 7.22. The highest BCUT2D eigenvalue weighted by molar-refractivity contribution is 9.10. The Morgan fingerprint density at radius 1 is 1.05 bits per heavy atom. The molecule has 1 amide bonds. The van der Waals surface area contributed by atoms with Crippen molar-refractivity contribution in [1.82, 2.24) is 9.55 Å². The standard InChI is InChI=1S/C31H32BrN3O3/c1-3-9-22-14-15-28(29(18-22)37-2)38-17-7-6-16-34-27-13-5-4-12-26(27)33-31(34)23-19-30(36)35(21-23)25-11-8-10-24(32)20-25/h3-5,8-15,18,20,23H,6-7,16-17,19,21H2,1-2H3/b9-3+. The fraction of sp³-hybridized carbons (Fsp3) is 0.290. The Morgan fingerprint density at radius 3 is 2.74 bits per heavy atom. The highest BCUT2D eigenvalue weighted by Gasteiger charge is 2.34. The summed E-state index contributed by atoms with van der Waals surface area (Å²) in [5.41, 5.74) is 4.08. The monoisotopic (exact) mass is 573 g/mol. The van der Waals surface area contributed by atoms with Crippen molar-refractivity contribution >= 4 is 44.6 Å². The third kappa shape index (κ3) is 5.63. The van der Waals surface area contributed by atoms with Gasteiger partial charge in [0.05, 0.1) is 24.8 Å². The molecule has 0 N–H and O–H groups in total. The Hall–Kier alpha value is -3.58. The van der Waals surface area contributed by atoms with Crippen molar-refractivity contribution in [3.05, 3.63) is 88.7 Å². The van der Waals surface area contributed by atoms with E-state index in [4.69, 9.17) is 14.5 Å². The Labute approximate surface area is 232 Å². The van der Waals surface area contributed by atoms with Gasteiger partial charge < -0.3 is 18.9 Å². The van der Waals surface area contributed by atoms with Crippen LogP contribution < -0.4 is 14.4 Å². The summed E-state index contributed by atoms with van der Waals surface area (Å²) in [4.78, 5) is 19.8. The van der Waals surface area contributed by atoms with Gasteiger partial charge in [-0.25, -0.2) is 4.98 Å². The second-order valence-corrected chi connectivity index (χ2v) is 10.4. The Balaban J connectivity index is 1.27. The predicted molar refractivity (Wildman–Crippen MR) is 156 cm³/mol. The number of methoxy groups -OCH3 is 1. The first-order valence-electron chi connectivity index (χ1n) is 13.0. The molecule has 1 aromatic heterocycles. The number of nitrogens with zero attached hydrogens (tertiary/aromatic N) is 3. The molecule has 0 radical (unpaired) electrons. The third-order valence-electron chi connectivity index (χ3n) is 6.87. The molecule has 38 heavy (non-hydrogen) atoms. The lowest BCUT2D eigenvalue weighted by molar-refractivity contribution is -0.117. The number of imidazole rings is 1. The maximum atomic E-state index is 13.0. The summed E-state index contributed by atoms with van der Waals surface area (Å²) in [6, 6.07) is 22.1. The summed E-state index contributed by atoms with van der Waals surface area (Å²) in [5, 5.41) is 0. The van der Waals surface area contributed by atoms with Crippen LogP contribution in [0.15, 0.2) is 77.3 Å². The summed E-state index contributed by atoms with van der Waals surface area (Å²) in [6.45, 7) is 4.04. The fourth-order valence-electron chi connectivity index (χ4n) is 5.07. The number of unbranched alkanes of at least 4 members (excludes halogenated alkanes) is 1. The van der Waals surface area contributed by atoms with E-state index >= 15 is 0 Å². The summed E-state index contributed by atoms with van der Waals surface area (Å²) in [5.74, 6) is 2.66. The van der Waals surface area contributed by atoms with Crippen LogP contribution in [0.1, 0.15) is 43.5 Å². The van der Waals surface area contributed by atoms with Gasteiger partial charge in [0.1, 0.15) is 5.82 Å². The SMILES string of the molecule is C/C=C/c1ccc(OCCCCn2c(C3CC(=O)N(c4cccc(Br)c4)C3)nc3ccccc32)c(OC)c1. The molecule has 0 spiro atoms. The highest BCUT2D eigenvalue weighted by Crippen LogP contribution is 2.34. The van der Waals surface area contributed by atoms with E-state index in [2.05, 4.69) is 26.6 Å². The zero-order chi connectivity index (χ0) is 26.5. The average molecular weight is 575 g/mol. The molecule has 5 rings (SSSR count). The number of benzene rings is 3. The molecule has 1 unspecified atom stereocenters.